The Morgan fingerprint density at radius 2 is 1.63 bits per heavy atom. The van der Waals surface area contributed by atoms with Crippen LogP contribution in [0.15, 0.2) is 77.4 Å². The van der Waals surface area contributed by atoms with Crippen molar-refractivity contribution in [3.05, 3.63) is 84.4 Å². The fourth-order valence-electron chi connectivity index (χ4n) is 3.69. The van der Waals surface area contributed by atoms with E-state index < -0.39 is 0 Å². The highest BCUT2D eigenvalue weighted by Gasteiger charge is 2.16. The largest absolute Gasteiger partial charge is 0.508 e. The second-order valence-corrected chi connectivity index (χ2v) is 7.19. The molecule has 0 aliphatic carbocycles. The van der Waals surface area contributed by atoms with Crippen molar-refractivity contribution in [2.75, 3.05) is 5.32 Å². The molecule has 0 aliphatic rings. The van der Waals surface area contributed by atoms with Crippen molar-refractivity contribution >= 4 is 17.2 Å². The molecule has 5 aromatic rings. The van der Waals surface area contributed by atoms with E-state index in [9.17, 15) is 5.11 Å². The van der Waals surface area contributed by atoms with Crippen LogP contribution in [0.3, 0.4) is 0 Å². The molecule has 6 heteroatoms. The van der Waals surface area contributed by atoms with Crippen molar-refractivity contribution in [2.45, 2.75) is 13.8 Å². The lowest BCUT2D eigenvalue weighted by Crippen LogP contribution is -1.96. The van der Waals surface area contributed by atoms with Crippen molar-refractivity contribution in [1.29, 1.82) is 0 Å². The number of benzene rings is 2. The molecule has 3 heterocycles. The van der Waals surface area contributed by atoms with Crippen LogP contribution < -0.4 is 5.32 Å². The SMILES string of the molecule is Cc1noc(C)c1-c1ccc(-c2nc3ccccn3c2Nc2ccc(O)cc2)cc1. The highest BCUT2D eigenvalue weighted by molar-refractivity contribution is 5.81. The average Bonchev–Trinajstić information content (AvgIpc) is 3.29. The summed E-state index contributed by atoms with van der Waals surface area (Å²) in [4.78, 5) is 4.84. The number of rotatable bonds is 4. The van der Waals surface area contributed by atoms with Gasteiger partial charge in [0.1, 0.15) is 28.7 Å². The van der Waals surface area contributed by atoms with Crippen LogP contribution in [0.2, 0.25) is 0 Å². The van der Waals surface area contributed by atoms with Crippen LogP contribution in [-0.4, -0.2) is 19.6 Å². The van der Waals surface area contributed by atoms with Gasteiger partial charge < -0.3 is 14.9 Å². The Balaban J connectivity index is 1.59. The van der Waals surface area contributed by atoms with Crippen molar-refractivity contribution in [3.8, 4) is 28.1 Å². The third-order valence-corrected chi connectivity index (χ3v) is 5.14. The highest BCUT2D eigenvalue weighted by atomic mass is 16.5. The van der Waals surface area contributed by atoms with Crippen LogP contribution in [-0.2, 0) is 0 Å². The van der Waals surface area contributed by atoms with Gasteiger partial charge in [-0.25, -0.2) is 4.98 Å². The van der Waals surface area contributed by atoms with Crippen LogP contribution in [0.5, 0.6) is 5.75 Å². The molecule has 5 rings (SSSR count). The summed E-state index contributed by atoms with van der Waals surface area (Å²) < 4.78 is 7.32. The molecular formula is C24H20N4O2. The Kier molecular flexibility index (Phi) is 4.25. The third-order valence-electron chi connectivity index (χ3n) is 5.14. The van der Waals surface area contributed by atoms with E-state index in [1.54, 1.807) is 12.1 Å². The van der Waals surface area contributed by atoms with E-state index >= 15 is 0 Å². The average molecular weight is 396 g/mol. The molecule has 3 aromatic heterocycles. The fourth-order valence-corrected chi connectivity index (χ4v) is 3.69. The normalized spacial score (nSPS) is 11.1. The fraction of sp³-hybridized carbons (Fsp3) is 0.0833. The molecule has 2 aromatic carbocycles. The number of phenolic OH excluding ortho intramolecular Hbond substituents is 1. The number of hydrogen-bond donors (Lipinski definition) is 2. The maximum absolute atomic E-state index is 9.57. The summed E-state index contributed by atoms with van der Waals surface area (Å²) in [5, 5.41) is 17.1. The lowest BCUT2D eigenvalue weighted by atomic mass is 10.0. The molecular weight excluding hydrogens is 376 g/mol. The number of aromatic nitrogens is 3. The molecule has 148 valence electrons. The van der Waals surface area contributed by atoms with E-state index in [1.165, 1.54) is 0 Å². The molecule has 0 atom stereocenters. The Morgan fingerprint density at radius 1 is 0.900 bits per heavy atom. The van der Waals surface area contributed by atoms with E-state index in [0.717, 1.165) is 51.0 Å². The van der Waals surface area contributed by atoms with E-state index in [1.807, 2.05) is 54.8 Å². The van der Waals surface area contributed by atoms with Crippen molar-refractivity contribution < 1.29 is 9.63 Å². The van der Waals surface area contributed by atoms with Gasteiger partial charge in [0, 0.05) is 23.0 Å². The summed E-state index contributed by atoms with van der Waals surface area (Å²) in [6, 6.07) is 21.2. The van der Waals surface area contributed by atoms with Gasteiger partial charge in [-0.2, -0.15) is 0 Å². The molecule has 0 saturated heterocycles. The monoisotopic (exact) mass is 396 g/mol. The number of pyridine rings is 1. The first kappa shape index (κ1) is 18.0. The quantitative estimate of drug-likeness (QED) is 0.380. The van der Waals surface area contributed by atoms with Crippen LogP contribution >= 0.6 is 0 Å². The van der Waals surface area contributed by atoms with Crippen molar-refractivity contribution in [3.63, 3.8) is 0 Å². The standard InChI is InChI=1S/C24H20N4O2/c1-15-22(16(2)30-27-15)17-6-8-18(9-7-17)23-24(25-19-10-12-20(29)13-11-19)28-14-4-3-5-21(28)26-23/h3-14,25,29H,1-2H3. The number of anilines is 2. The predicted molar refractivity (Wildman–Crippen MR) is 117 cm³/mol. The Bertz CT molecular complexity index is 1310. The number of fused-ring (bicyclic) bond motifs is 1. The minimum absolute atomic E-state index is 0.230. The van der Waals surface area contributed by atoms with E-state index in [4.69, 9.17) is 9.51 Å². The molecule has 0 radical (unpaired) electrons. The van der Waals surface area contributed by atoms with Crippen molar-refractivity contribution in [2.24, 2.45) is 0 Å². The van der Waals surface area contributed by atoms with Crippen molar-refractivity contribution in [1.82, 2.24) is 14.5 Å². The Labute approximate surface area is 173 Å². The van der Waals surface area contributed by atoms with Crippen LogP contribution in [0.4, 0.5) is 11.5 Å². The molecule has 6 nitrogen and oxygen atoms in total. The third kappa shape index (κ3) is 3.08. The second kappa shape index (κ2) is 7.08. The minimum Gasteiger partial charge on any atom is -0.508 e. The zero-order chi connectivity index (χ0) is 20.7. The molecule has 2 N–H and O–H groups in total. The second-order valence-electron chi connectivity index (χ2n) is 7.19. The molecule has 0 spiro atoms. The number of phenols is 1. The summed E-state index contributed by atoms with van der Waals surface area (Å²) in [6.45, 7) is 3.87. The molecule has 0 aliphatic heterocycles. The molecule has 0 saturated carbocycles. The maximum atomic E-state index is 9.57. The molecule has 0 amide bonds. The number of hydrogen-bond acceptors (Lipinski definition) is 5. The number of aromatic hydroxyl groups is 1. The highest BCUT2D eigenvalue weighted by Crippen LogP contribution is 2.34. The Morgan fingerprint density at radius 3 is 2.33 bits per heavy atom. The first-order valence-corrected chi connectivity index (χ1v) is 9.67. The molecule has 0 unspecified atom stereocenters. The zero-order valence-electron chi connectivity index (χ0n) is 16.6. The predicted octanol–water partition coefficient (Wildman–Crippen LogP) is 5.72. The van der Waals surface area contributed by atoms with Gasteiger partial charge >= 0.3 is 0 Å². The first-order valence-electron chi connectivity index (χ1n) is 9.67. The van der Waals surface area contributed by atoms with Gasteiger partial charge in [-0.05, 0) is 55.8 Å². The first-order chi connectivity index (χ1) is 14.6. The number of imidazole rings is 1. The van der Waals surface area contributed by atoms with Crippen LogP contribution in [0.1, 0.15) is 11.5 Å². The van der Waals surface area contributed by atoms with Gasteiger partial charge in [-0.1, -0.05) is 35.5 Å². The van der Waals surface area contributed by atoms with E-state index in [2.05, 4.69) is 34.7 Å². The van der Waals surface area contributed by atoms with Crippen LogP contribution in [0, 0.1) is 13.8 Å². The summed E-state index contributed by atoms with van der Waals surface area (Å²) in [6.07, 6.45) is 1.98. The number of nitrogens with one attached hydrogen (secondary N) is 1. The van der Waals surface area contributed by atoms with Gasteiger partial charge in [0.15, 0.2) is 0 Å². The van der Waals surface area contributed by atoms with Gasteiger partial charge in [0.2, 0.25) is 0 Å². The van der Waals surface area contributed by atoms with Gasteiger partial charge in [0.05, 0.1) is 5.69 Å². The summed E-state index contributed by atoms with van der Waals surface area (Å²) in [7, 11) is 0. The molecule has 0 fully saturated rings. The summed E-state index contributed by atoms with van der Waals surface area (Å²) in [5.41, 5.74) is 6.53. The topological polar surface area (TPSA) is 75.6 Å². The van der Waals surface area contributed by atoms with Gasteiger partial charge in [-0.3, -0.25) is 4.40 Å². The van der Waals surface area contributed by atoms with Crippen LogP contribution in [0.25, 0.3) is 28.0 Å². The number of aryl methyl sites for hydroxylation is 2. The molecule has 30 heavy (non-hydrogen) atoms. The van der Waals surface area contributed by atoms with E-state index in [0.29, 0.717) is 0 Å². The van der Waals surface area contributed by atoms with Gasteiger partial charge in [-0.15, -0.1) is 0 Å². The smallest absolute Gasteiger partial charge is 0.143 e. The lowest BCUT2D eigenvalue weighted by molar-refractivity contribution is 0.393. The van der Waals surface area contributed by atoms with Gasteiger partial charge in [0.25, 0.3) is 0 Å². The van der Waals surface area contributed by atoms with E-state index in [-0.39, 0.29) is 5.75 Å². The molecule has 0 bridgehead atoms. The lowest BCUT2D eigenvalue weighted by Gasteiger charge is -2.09. The Hall–Kier alpha value is -4.06. The minimum atomic E-state index is 0.230. The number of nitrogens with zero attached hydrogens (tertiary/aromatic N) is 3. The maximum Gasteiger partial charge on any atom is 0.143 e. The summed E-state index contributed by atoms with van der Waals surface area (Å²) in [5.74, 6) is 1.90. The summed E-state index contributed by atoms with van der Waals surface area (Å²) >= 11 is 0. The zero-order valence-corrected chi connectivity index (χ0v) is 16.6.